The van der Waals surface area contributed by atoms with Crippen LogP contribution in [0.5, 0.6) is 0 Å². The summed E-state index contributed by atoms with van der Waals surface area (Å²) in [5, 5.41) is 0. The highest BCUT2D eigenvalue weighted by Gasteiger charge is 2.25. The van der Waals surface area contributed by atoms with E-state index < -0.39 is 0 Å². The van der Waals surface area contributed by atoms with Gasteiger partial charge in [0.25, 0.3) is 5.82 Å². The predicted molar refractivity (Wildman–Crippen MR) is 156 cm³/mol. The molecular formula is C33H65N2+. The zero-order chi connectivity index (χ0) is 25.4. The monoisotopic (exact) mass is 490 g/mol. The van der Waals surface area contributed by atoms with Crippen LogP contribution in [0.1, 0.15) is 200 Å². The zero-order valence-electron chi connectivity index (χ0n) is 24.7. The summed E-state index contributed by atoms with van der Waals surface area (Å²) < 4.78 is 2.60. The van der Waals surface area contributed by atoms with Crippen molar-refractivity contribution in [2.45, 2.75) is 194 Å². The van der Waals surface area contributed by atoms with Gasteiger partial charge in [-0.05, 0) is 32.6 Å². The van der Waals surface area contributed by atoms with Crippen LogP contribution >= 0.6 is 0 Å². The molecule has 1 rings (SSSR count). The van der Waals surface area contributed by atoms with Crippen molar-refractivity contribution in [3.8, 4) is 0 Å². The Kier molecular flexibility index (Phi) is 21.7. The molecule has 0 spiro atoms. The summed E-state index contributed by atoms with van der Waals surface area (Å²) in [6, 6.07) is 0.622. The highest BCUT2D eigenvalue weighted by Crippen LogP contribution is 2.27. The van der Waals surface area contributed by atoms with Crippen molar-refractivity contribution < 1.29 is 4.57 Å². The second-order valence-corrected chi connectivity index (χ2v) is 11.5. The molecular weight excluding hydrogens is 424 g/mol. The number of nitrogens with one attached hydrogen (secondary N) is 1. The maximum absolute atomic E-state index is 3.70. The molecule has 2 heteroatoms. The standard InChI is InChI=1S/C33H64N2/c1-5-8-11-13-15-17-19-21-24-27-32(28-25-22-20-18-16-14-12-9-6-2)33-34-29-30-35(33)31(4)26-23-10-7-3/h29-32H,5-28H2,1-4H3/p+1. The number of nitrogens with zero attached hydrogens (tertiary/aromatic N) is 1. The molecule has 0 aromatic carbocycles. The van der Waals surface area contributed by atoms with Crippen molar-refractivity contribution in [1.82, 2.24) is 4.98 Å². The fraction of sp³-hybridized carbons (Fsp3) is 0.909. The molecule has 0 radical (unpaired) electrons. The summed E-state index contributed by atoms with van der Waals surface area (Å²) in [6.45, 7) is 9.36. The van der Waals surface area contributed by atoms with Crippen LogP contribution in [0.4, 0.5) is 0 Å². The van der Waals surface area contributed by atoms with Gasteiger partial charge in [0.1, 0.15) is 12.4 Å². The molecule has 2 nitrogen and oxygen atoms in total. The van der Waals surface area contributed by atoms with Gasteiger partial charge < -0.3 is 0 Å². The molecule has 0 aliphatic carbocycles. The second kappa shape index (κ2) is 23.6. The third-order valence-electron chi connectivity index (χ3n) is 8.14. The van der Waals surface area contributed by atoms with Crippen molar-refractivity contribution in [3.05, 3.63) is 18.2 Å². The summed E-state index contributed by atoms with van der Waals surface area (Å²) in [5.74, 6) is 2.24. The largest absolute Gasteiger partial charge is 0.257 e. The van der Waals surface area contributed by atoms with Crippen LogP contribution < -0.4 is 4.57 Å². The Hall–Kier alpha value is -0.790. The summed E-state index contributed by atoms with van der Waals surface area (Å²) in [6.07, 6.45) is 38.3. The van der Waals surface area contributed by atoms with Gasteiger partial charge in [-0.1, -0.05) is 149 Å². The molecule has 1 N–H and O–H groups in total. The van der Waals surface area contributed by atoms with Gasteiger partial charge in [-0.3, -0.25) is 0 Å². The van der Waals surface area contributed by atoms with Gasteiger partial charge in [0.15, 0.2) is 0 Å². The van der Waals surface area contributed by atoms with E-state index in [-0.39, 0.29) is 0 Å². The average Bonchev–Trinajstić information content (AvgIpc) is 3.35. The fourth-order valence-electron chi connectivity index (χ4n) is 5.72. The van der Waals surface area contributed by atoms with Gasteiger partial charge >= 0.3 is 0 Å². The lowest BCUT2D eigenvalue weighted by molar-refractivity contribution is -0.727. The first-order chi connectivity index (χ1) is 17.2. The van der Waals surface area contributed by atoms with Crippen LogP contribution in [-0.4, -0.2) is 4.98 Å². The number of hydrogen-bond donors (Lipinski definition) is 1. The number of unbranched alkanes of at least 4 members (excludes halogenated alkanes) is 18. The topological polar surface area (TPSA) is 19.7 Å². The first-order valence-corrected chi connectivity index (χ1v) is 16.3. The van der Waals surface area contributed by atoms with E-state index in [0.717, 1.165) is 0 Å². The minimum absolute atomic E-state index is 0.622. The van der Waals surface area contributed by atoms with Crippen LogP contribution in [-0.2, 0) is 0 Å². The van der Waals surface area contributed by atoms with Gasteiger partial charge in [0, 0.05) is 0 Å². The lowest BCUT2D eigenvalue weighted by Crippen LogP contribution is -2.41. The zero-order valence-corrected chi connectivity index (χ0v) is 24.7. The summed E-state index contributed by atoms with van der Waals surface area (Å²) in [7, 11) is 0. The summed E-state index contributed by atoms with van der Waals surface area (Å²) >= 11 is 0. The van der Waals surface area contributed by atoms with E-state index in [1.165, 1.54) is 160 Å². The van der Waals surface area contributed by atoms with E-state index in [4.69, 9.17) is 0 Å². The molecule has 35 heavy (non-hydrogen) atoms. The van der Waals surface area contributed by atoms with E-state index in [0.29, 0.717) is 12.0 Å². The number of aromatic amines is 1. The van der Waals surface area contributed by atoms with Crippen LogP contribution in [0.25, 0.3) is 0 Å². The molecule has 0 aliphatic heterocycles. The molecule has 0 saturated carbocycles. The molecule has 0 bridgehead atoms. The second-order valence-electron chi connectivity index (χ2n) is 11.5. The van der Waals surface area contributed by atoms with E-state index in [1.54, 1.807) is 0 Å². The minimum Gasteiger partial charge on any atom is -0.247 e. The third kappa shape index (κ3) is 16.6. The minimum atomic E-state index is 0.622. The van der Waals surface area contributed by atoms with Crippen molar-refractivity contribution in [2.75, 3.05) is 0 Å². The van der Waals surface area contributed by atoms with Crippen LogP contribution in [0.15, 0.2) is 12.4 Å². The number of hydrogen-bond acceptors (Lipinski definition) is 0. The Morgan fingerprint density at radius 1 is 0.543 bits per heavy atom. The fourth-order valence-corrected chi connectivity index (χ4v) is 5.72. The molecule has 1 aromatic rings. The van der Waals surface area contributed by atoms with Crippen molar-refractivity contribution in [2.24, 2.45) is 0 Å². The highest BCUT2D eigenvalue weighted by atomic mass is 15.1. The smallest absolute Gasteiger partial charge is 0.247 e. The van der Waals surface area contributed by atoms with Gasteiger partial charge in [0.05, 0.1) is 12.0 Å². The molecule has 1 atom stereocenters. The summed E-state index contributed by atoms with van der Waals surface area (Å²) in [4.78, 5) is 3.70. The van der Waals surface area contributed by atoms with Crippen LogP contribution in [0.2, 0.25) is 0 Å². The number of rotatable bonds is 26. The highest BCUT2D eigenvalue weighted by molar-refractivity contribution is 4.90. The number of aromatic nitrogens is 2. The van der Waals surface area contributed by atoms with Gasteiger partial charge in [0.2, 0.25) is 0 Å². The molecule has 1 aromatic heterocycles. The first kappa shape index (κ1) is 32.2. The van der Waals surface area contributed by atoms with Gasteiger partial charge in [-0.15, -0.1) is 0 Å². The maximum Gasteiger partial charge on any atom is 0.257 e. The lowest BCUT2D eigenvalue weighted by atomic mass is 9.92. The Labute approximate surface area is 221 Å². The van der Waals surface area contributed by atoms with Crippen LogP contribution in [0, 0.1) is 0 Å². The van der Waals surface area contributed by atoms with E-state index >= 15 is 0 Å². The summed E-state index contributed by atoms with van der Waals surface area (Å²) in [5.41, 5.74) is 0. The average molecular weight is 490 g/mol. The van der Waals surface area contributed by atoms with E-state index in [9.17, 15) is 0 Å². The molecule has 0 amide bonds. The third-order valence-corrected chi connectivity index (χ3v) is 8.14. The Morgan fingerprint density at radius 3 is 1.37 bits per heavy atom. The Morgan fingerprint density at radius 2 is 0.914 bits per heavy atom. The molecule has 0 saturated heterocycles. The number of imidazole rings is 1. The van der Waals surface area contributed by atoms with E-state index in [2.05, 4.69) is 49.6 Å². The van der Waals surface area contributed by atoms with Gasteiger partial charge in [-0.2, -0.15) is 0 Å². The van der Waals surface area contributed by atoms with E-state index in [1.807, 2.05) is 0 Å². The Balaban J connectivity index is 2.45. The Bertz CT molecular complexity index is 527. The van der Waals surface area contributed by atoms with Crippen molar-refractivity contribution in [1.29, 1.82) is 0 Å². The molecule has 206 valence electrons. The van der Waals surface area contributed by atoms with Crippen LogP contribution in [0.3, 0.4) is 0 Å². The first-order valence-electron chi connectivity index (χ1n) is 16.3. The van der Waals surface area contributed by atoms with Gasteiger partial charge in [-0.25, -0.2) is 9.55 Å². The predicted octanol–water partition coefficient (Wildman–Crippen LogP) is 11.4. The van der Waals surface area contributed by atoms with Crippen molar-refractivity contribution in [3.63, 3.8) is 0 Å². The maximum atomic E-state index is 3.70. The molecule has 0 fully saturated rings. The molecule has 1 heterocycles. The number of H-pyrrole nitrogens is 1. The quantitative estimate of drug-likeness (QED) is 0.0985. The lowest BCUT2D eigenvalue weighted by Gasteiger charge is -2.17. The molecule has 0 aliphatic rings. The molecule has 1 unspecified atom stereocenters. The SMILES string of the molecule is CCCCCCCCCCCC(CCCCCCCCCCC)c1[nH]cc[n+]1C(C)CCCCC. The van der Waals surface area contributed by atoms with Crippen molar-refractivity contribution >= 4 is 0 Å². The normalized spacial score (nSPS) is 12.6.